The van der Waals surface area contributed by atoms with Crippen molar-refractivity contribution in [2.75, 3.05) is 13.2 Å². The van der Waals surface area contributed by atoms with Crippen molar-refractivity contribution in [2.24, 2.45) is 5.92 Å². The van der Waals surface area contributed by atoms with Crippen LogP contribution < -0.4 is 10.6 Å². The Morgan fingerprint density at radius 1 is 0.700 bits per heavy atom. The topological polar surface area (TPSA) is 230 Å². The smallest absolute Gasteiger partial charge is 0.309 e. The molecule has 0 bridgehead atoms. The molecule has 15 heteroatoms. The third-order valence-corrected chi connectivity index (χ3v) is 10.4. The highest BCUT2D eigenvalue weighted by Gasteiger charge is 2.43. The van der Waals surface area contributed by atoms with Gasteiger partial charge in [-0.25, -0.2) is 0 Å². The molecule has 1 rings (SSSR count). The number of ether oxygens (including phenoxy) is 4. The number of aliphatic hydroxyl groups excluding tert-OH is 5. The van der Waals surface area contributed by atoms with Gasteiger partial charge in [0.25, 0.3) is 0 Å². The van der Waals surface area contributed by atoms with Crippen molar-refractivity contribution in [1.29, 1.82) is 0 Å². The number of esters is 2. The molecule has 0 aromatic rings. The first-order chi connectivity index (χ1) is 28.7. The van der Waals surface area contributed by atoms with Gasteiger partial charge in [-0.15, -0.1) is 0 Å². The van der Waals surface area contributed by atoms with Gasteiger partial charge in [0, 0.05) is 0 Å². The molecule has 0 radical (unpaired) electrons. The van der Waals surface area contributed by atoms with Crippen LogP contribution in [-0.2, 0) is 38.1 Å². The minimum atomic E-state index is -1.54. The van der Waals surface area contributed by atoms with E-state index in [9.17, 15) is 44.7 Å². The first-order valence-electron chi connectivity index (χ1n) is 22.5. The van der Waals surface area contributed by atoms with E-state index in [1.165, 1.54) is 0 Å². The molecular formula is C45H80N2O13. The van der Waals surface area contributed by atoms with Crippen molar-refractivity contribution in [1.82, 2.24) is 10.6 Å². The van der Waals surface area contributed by atoms with E-state index in [1.54, 1.807) is 6.92 Å². The lowest BCUT2D eigenvalue weighted by Crippen LogP contribution is -2.58. The zero-order valence-electron chi connectivity index (χ0n) is 37.3. The van der Waals surface area contributed by atoms with Gasteiger partial charge in [0.2, 0.25) is 11.8 Å². The number of allylic oxidation sites excluding steroid dienone is 4. The third-order valence-electron chi connectivity index (χ3n) is 10.4. The van der Waals surface area contributed by atoms with Crippen LogP contribution in [-0.4, -0.2) is 124 Å². The lowest BCUT2D eigenvalue weighted by atomic mass is 9.99. The Morgan fingerprint density at radius 2 is 1.27 bits per heavy atom. The summed E-state index contributed by atoms with van der Waals surface area (Å²) in [5, 5.41) is 56.0. The number of nitrogens with one attached hydrogen (secondary N) is 2. The molecule has 348 valence electrons. The molecule has 15 nitrogen and oxygen atoms in total. The van der Waals surface area contributed by atoms with Crippen molar-refractivity contribution in [3.63, 3.8) is 0 Å². The summed E-state index contributed by atoms with van der Waals surface area (Å²) in [5.74, 6) is -2.35. The standard InChI is InChI=1S/C45H80N2O13/c1-7-10-13-16-19-22-34(26-38(50)47-37(30-49)44(56)46-33(29-48)25-31(4)5)58-39(51)27-35(23-20-17-14-11-8-2)59-40(52)28-36(24-21-18-15-12-9-3)60-45-43(55)42(54)41(53)32(6)57-45/h8,11,14,17,31-37,41-43,45,48-49,53-55H,7,9-10,12-13,15-16,18-30H2,1-6H3,(H,46,56)(H,47,50)/b11-8+,17-14+. The normalized spacial score (nSPS) is 22.0. The van der Waals surface area contributed by atoms with Crippen LogP contribution in [0.1, 0.15) is 157 Å². The average molecular weight is 857 g/mol. The highest BCUT2D eigenvalue weighted by molar-refractivity contribution is 5.88. The van der Waals surface area contributed by atoms with E-state index in [4.69, 9.17) is 18.9 Å². The number of carbonyl (C=O) groups excluding carboxylic acids is 4. The number of amides is 2. The van der Waals surface area contributed by atoms with E-state index in [0.29, 0.717) is 38.5 Å². The maximum absolute atomic E-state index is 13.5. The van der Waals surface area contributed by atoms with Gasteiger partial charge in [-0.05, 0) is 58.3 Å². The number of unbranched alkanes of at least 4 members (excludes halogenated alkanes) is 8. The van der Waals surface area contributed by atoms with Crippen LogP contribution in [0.5, 0.6) is 0 Å². The predicted molar refractivity (Wildman–Crippen MR) is 228 cm³/mol. The second-order valence-corrected chi connectivity index (χ2v) is 16.5. The molecule has 7 N–H and O–H groups in total. The van der Waals surface area contributed by atoms with Gasteiger partial charge in [0.05, 0.1) is 50.7 Å². The van der Waals surface area contributed by atoms with Crippen molar-refractivity contribution >= 4 is 23.8 Å². The van der Waals surface area contributed by atoms with Crippen LogP contribution in [0.15, 0.2) is 24.3 Å². The predicted octanol–water partition coefficient (Wildman–Crippen LogP) is 4.83. The average Bonchev–Trinajstić information content (AvgIpc) is 3.19. The minimum Gasteiger partial charge on any atom is -0.462 e. The van der Waals surface area contributed by atoms with Gasteiger partial charge in [0.15, 0.2) is 6.29 Å². The van der Waals surface area contributed by atoms with Crippen LogP contribution in [0.25, 0.3) is 0 Å². The number of rotatable bonds is 33. The zero-order valence-corrected chi connectivity index (χ0v) is 37.3. The van der Waals surface area contributed by atoms with Gasteiger partial charge in [-0.1, -0.05) is 110 Å². The summed E-state index contributed by atoms with van der Waals surface area (Å²) in [6.45, 7) is 10.6. The van der Waals surface area contributed by atoms with E-state index < -0.39 is 91.5 Å². The SMILES string of the molecule is C/C=C/C=C/CCC(CC(=O)OC(CCCCCCC)CC(=O)NC(CO)C(=O)NC(CO)CC(C)C)OC(=O)CC(CCCCCCC)OC1OC(C)C(O)C(O)C1O. The van der Waals surface area contributed by atoms with Crippen LogP contribution in [0.3, 0.4) is 0 Å². The molecule has 1 heterocycles. The van der Waals surface area contributed by atoms with Crippen LogP contribution >= 0.6 is 0 Å². The first-order valence-corrected chi connectivity index (χ1v) is 22.5. The fraction of sp³-hybridized carbons (Fsp3) is 0.822. The van der Waals surface area contributed by atoms with Crippen LogP contribution in [0.2, 0.25) is 0 Å². The Hall–Kier alpha value is -2.92. The molecule has 0 aromatic carbocycles. The summed E-state index contributed by atoms with van der Waals surface area (Å²) in [6.07, 6.45) is 9.26. The first kappa shape index (κ1) is 55.1. The second-order valence-electron chi connectivity index (χ2n) is 16.5. The zero-order chi connectivity index (χ0) is 44.9. The molecule has 1 aliphatic heterocycles. The van der Waals surface area contributed by atoms with Gasteiger partial charge in [0.1, 0.15) is 36.6 Å². The largest absolute Gasteiger partial charge is 0.462 e. The van der Waals surface area contributed by atoms with Crippen molar-refractivity contribution < 1.29 is 63.7 Å². The van der Waals surface area contributed by atoms with Gasteiger partial charge < -0.3 is 55.1 Å². The molecule has 10 unspecified atom stereocenters. The Kier molecular flexibility index (Phi) is 30.1. The highest BCUT2D eigenvalue weighted by atomic mass is 16.7. The maximum Gasteiger partial charge on any atom is 0.309 e. The number of hydrogen-bond acceptors (Lipinski definition) is 13. The van der Waals surface area contributed by atoms with Gasteiger partial charge in [-0.3, -0.25) is 19.2 Å². The van der Waals surface area contributed by atoms with Crippen molar-refractivity contribution in [3.8, 4) is 0 Å². The highest BCUT2D eigenvalue weighted by Crippen LogP contribution is 2.26. The molecule has 2 amide bonds. The summed E-state index contributed by atoms with van der Waals surface area (Å²) >= 11 is 0. The van der Waals surface area contributed by atoms with Crippen LogP contribution in [0, 0.1) is 5.92 Å². The second kappa shape index (κ2) is 32.7. The Labute approximate surface area is 359 Å². The number of aliphatic hydroxyl groups is 5. The van der Waals surface area contributed by atoms with E-state index in [0.717, 1.165) is 57.8 Å². The molecule has 0 aliphatic carbocycles. The third kappa shape index (κ3) is 23.9. The molecule has 1 fully saturated rings. The van der Waals surface area contributed by atoms with Crippen molar-refractivity contribution in [2.45, 2.75) is 218 Å². The molecular weight excluding hydrogens is 776 g/mol. The molecule has 60 heavy (non-hydrogen) atoms. The number of hydrogen-bond donors (Lipinski definition) is 7. The summed E-state index contributed by atoms with van der Waals surface area (Å²) in [6, 6.07) is -1.81. The van der Waals surface area contributed by atoms with Gasteiger partial charge in [-0.2, -0.15) is 0 Å². The molecule has 0 saturated carbocycles. The molecule has 0 aromatic heterocycles. The van der Waals surface area contributed by atoms with Crippen LogP contribution in [0.4, 0.5) is 0 Å². The van der Waals surface area contributed by atoms with Crippen molar-refractivity contribution in [3.05, 3.63) is 24.3 Å². The molecule has 0 spiro atoms. The lowest BCUT2D eigenvalue weighted by Gasteiger charge is -2.40. The fourth-order valence-corrected chi connectivity index (χ4v) is 7.00. The Bertz CT molecular complexity index is 1250. The fourth-order valence-electron chi connectivity index (χ4n) is 7.00. The Morgan fingerprint density at radius 3 is 1.82 bits per heavy atom. The van der Waals surface area contributed by atoms with Gasteiger partial charge >= 0.3 is 11.9 Å². The van der Waals surface area contributed by atoms with E-state index in [1.807, 2.05) is 45.1 Å². The summed E-state index contributed by atoms with van der Waals surface area (Å²) in [7, 11) is 0. The molecule has 1 aliphatic rings. The van der Waals surface area contributed by atoms with E-state index >= 15 is 0 Å². The summed E-state index contributed by atoms with van der Waals surface area (Å²) < 4.78 is 23.5. The molecule has 1 saturated heterocycles. The summed E-state index contributed by atoms with van der Waals surface area (Å²) in [4.78, 5) is 53.2. The minimum absolute atomic E-state index is 0.194. The summed E-state index contributed by atoms with van der Waals surface area (Å²) in [5.41, 5.74) is 0. The monoisotopic (exact) mass is 857 g/mol. The lowest BCUT2D eigenvalue weighted by molar-refractivity contribution is -0.304. The quantitative estimate of drug-likeness (QED) is 0.0267. The van der Waals surface area contributed by atoms with E-state index in [-0.39, 0.29) is 31.8 Å². The maximum atomic E-state index is 13.5. The molecule has 10 atom stereocenters. The number of carbonyl (C=O) groups is 4. The van der Waals surface area contributed by atoms with E-state index in [2.05, 4.69) is 24.5 Å². The Balaban J connectivity index is 3.13.